The smallest absolute Gasteiger partial charge is 0.264 e. The molecule has 1 atom stereocenters. The molecule has 3 aromatic rings. The van der Waals surface area contributed by atoms with Crippen LogP contribution in [0.5, 0.6) is 5.75 Å². The SMILES string of the molecule is COCCCN(CC(=O)N1CCc2sccc2C1c1ccc(OC)cc1)C(=O)c1cccs1. The third kappa shape index (κ3) is 5.29. The first-order valence-corrected chi connectivity index (χ1v) is 12.7. The van der Waals surface area contributed by atoms with Gasteiger partial charge in [0.15, 0.2) is 0 Å². The molecule has 1 aromatic carbocycles. The average molecular weight is 485 g/mol. The Labute approximate surface area is 202 Å². The monoisotopic (exact) mass is 484 g/mol. The highest BCUT2D eigenvalue weighted by Crippen LogP contribution is 2.38. The fraction of sp³-hybridized carbons (Fsp3) is 0.360. The molecule has 0 saturated carbocycles. The number of rotatable bonds is 9. The fourth-order valence-electron chi connectivity index (χ4n) is 4.19. The van der Waals surface area contributed by atoms with Crippen LogP contribution in [0.1, 0.15) is 38.1 Å². The van der Waals surface area contributed by atoms with Crippen LogP contribution in [0.3, 0.4) is 0 Å². The van der Waals surface area contributed by atoms with Gasteiger partial charge in [0.05, 0.1) is 18.0 Å². The van der Waals surface area contributed by atoms with E-state index in [-0.39, 0.29) is 24.4 Å². The van der Waals surface area contributed by atoms with E-state index in [4.69, 9.17) is 9.47 Å². The molecule has 2 aromatic heterocycles. The van der Waals surface area contributed by atoms with Crippen LogP contribution in [-0.4, -0.2) is 62.1 Å². The molecule has 2 amide bonds. The zero-order valence-electron chi connectivity index (χ0n) is 18.9. The second-order valence-corrected chi connectivity index (χ2v) is 9.81. The molecule has 0 N–H and O–H groups in total. The summed E-state index contributed by atoms with van der Waals surface area (Å²) in [5, 5.41) is 3.97. The summed E-state index contributed by atoms with van der Waals surface area (Å²) < 4.78 is 10.5. The highest BCUT2D eigenvalue weighted by Gasteiger charge is 2.34. The number of nitrogens with zero attached hydrogens (tertiary/aromatic N) is 2. The lowest BCUT2D eigenvalue weighted by atomic mass is 9.93. The number of ether oxygens (including phenoxy) is 2. The van der Waals surface area contributed by atoms with Crippen molar-refractivity contribution < 1.29 is 19.1 Å². The maximum Gasteiger partial charge on any atom is 0.264 e. The van der Waals surface area contributed by atoms with Crippen molar-refractivity contribution >= 4 is 34.5 Å². The molecular weight excluding hydrogens is 456 g/mol. The van der Waals surface area contributed by atoms with Crippen LogP contribution in [0.2, 0.25) is 0 Å². The lowest BCUT2D eigenvalue weighted by Crippen LogP contribution is -2.47. The highest BCUT2D eigenvalue weighted by atomic mass is 32.1. The zero-order valence-corrected chi connectivity index (χ0v) is 20.5. The predicted molar refractivity (Wildman–Crippen MR) is 131 cm³/mol. The van der Waals surface area contributed by atoms with Crippen LogP contribution < -0.4 is 4.74 Å². The third-order valence-corrected chi connectivity index (χ3v) is 7.69. The number of carbonyl (C=O) groups excluding carboxylic acids is 2. The second-order valence-electron chi connectivity index (χ2n) is 7.86. The summed E-state index contributed by atoms with van der Waals surface area (Å²) in [7, 11) is 3.29. The number of benzene rings is 1. The van der Waals surface area contributed by atoms with Gasteiger partial charge in [0, 0.05) is 31.7 Å². The van der Waals surface area contributed by atoms with E-state index in [1.54, 1.807) is 36.5 Å². The summed E-state index contributed by atoms with van der Waals surface area (Å²) in [6, 6.07) is 13.5. The maximum absolute atomic E-state index is 13.6. The van der Waals surface area contributed by atoms with Gasteiger partial charge in [0.2, 0.25) is 5.91 Å². The minimum absolute atomic E-state index is 0.0463. The molecule has 1 unspecified atom stereocenters. The molecule has 0 saturated heterocycles. The number of methoxy groups -OCH3 is 2. The fourth-order valence-corrected chi connectivity index (χ4v) is 5.79. The molecule has 0 radical (unpaired) electrons. The van der Waals surface area contributed by atoms with Crippen LogP contribution >= 0.6 is 22.7 Å². The second kappa shape index (κ2) is 11.0. The molecule has 3 heterocycles. The molecule has 1 aliphatic rings. The summed E-state index contributed by atoms with van der Waals surface area (Å²) in [6.07, 6.45) is 1.51. The van der Waals surface area contributed by atoms with Crippen molar-refractivity contribution in [3.05, 3.63) is 74.1 Å². The van der Waals surface area contributed by atoms with E-state index >= 15 is 0 Å². The summed E-state index contributed by atoms with van der Waals surface area (Å²) in [5.74, 6) is 0.627. The Hall–Kier alpha value is -2.68. The van der Waals surface area contributed by atoms with Gasteiger partial charge in [-0.3, -0.25) is 9.59 Å². The largest absolute Gasteiger partial charge is 0.497 e. The zero-order chi connectivity index (χ0) is 23.2. The van der Waals surface area contributed by atoms with Gasteiger partial charge in [-0.25, -0.2) is 0 Å². The van der Waals surface area contributed by atoms with Gasteiger partial charge in [-0.15, -0.1) is 22.7 Å². The Morgan fingerprint density at radius 2 is 1.91 bits per heavy atom. The molecule has 8 heteroatoms. The Morgan fingerprint density at radius 3 is 2.61 bits per heavy atom. The van der Waals surface area contributed by atoms with E-state index in [1.165, 1.54) is 21.8 Å². The number of hydrogen-bond acceptors (Lipinski definition) is 6. The first-order valence-electron chi connectivity index (χ1n) is 10.9. The number of hydrogen-bond donors (Lipinski definition) is 0. The van der Waals surface area contributed by atoms with Crippen molar-refractivity contribution in [2.45, 2.75) is 18.9 Å². The third-order valence-electron chi connectivity index (χ3n) is 5.84. The van der Waals surface area contributed by atoms with Crippen molar-refractivity contribution in [1.29, 1.82) is 0 Å². The van der Waals surface area contributed by atoms with E-state index in [9.17, 15) is 9.59 Å². The van der Waals surface area contributed by atoms with E-state index in [1.807, 2.05) is 40.6 Å². The molecule has 174 valence electrons. The number of thiophene rings is 2. The summed E-state index contributed by atoms with van der Waals surface area (Å²) in [5.41, 5.74) is 2.21. The molecular formula is C25H28N2O4S2. The topological polar surface area (TPSA) is 59.1 Å². The van der Waals surface area contributed by atoms with Crippen LogP contribution in [0.15, 0.2) is 53.2 Å². The molecule has 0 aliphatic carbocycles. The van der Waals surface area contributed by atoms with Crippen molar-refractivity contribution in [2.75, 3.05) is 40.5 Å². The van der Waals surface area contributed by atoms with Crippen LogP contribution in [-0.2, 0) is 16.0 Å². The van der Waals surface area contributed by atoms with Gasteiger partial charge >= 0.3 is 0 Å². The Bertz CT molecular complexity index is 1060. The molecule has 6 nitrogen and oxygen atoms in total. The summed E-state index contributed by atoms with van der Waals surface area (Å²) >= 11 is 3.13. The normalized spacial score (nSPS) is 15.2. The van der Waals surface area contributed by atoms with Gasteiger partial charge in [-0.2, -0.15) is 0 Å². The standard InChI is InChI=1S/C25H28N2O4S2/c1-30-14-4-12-26(25(29)22-5-3-15-32-22)17-23(28)27-13-10-21-20(11-16-33-21)24(27)18-6-8-19(31-2)9-7-18/h3,5-9,11,15-16,24H,4,10,12-14,17H2,1-2H3. The van der Waals surface area contributed by atoms with Gasteiger partial charge in [0.25, 0.3) is 5.91 Å². The lowest BCUT2D eigenvalue weighted by molar-refractivity contribution is -0.134. The summed E-state index contributed by atoms with van der Waals surface area (Å²) in [4.78, 5) is 32.3. The molecule has 0 fully saturated rings. The van der Waals surface area contributed by atoms with E-state index < -0.39 is 0 Å². The van der Waals surface area contributed by atoms with Gasteiger partial charge in [-0.1, -0.05) is 18.2 Å². The molecule has 33 heavy (non-hydrogen) atoms. The van der Waals surface area contributed by atoms with E-state index in [2.05, 4.69) is 11.4 Å². The first-order chi connectivity index (χ1) is 16.1. The maximum atomic E-state index is 13.6. The van der Waals surface area contributed by atoms with Crippen molar-refractivity contribution in [3.63, 3.8) is 0 Å². The van der Waals surface area contributed by atoms with E-state index in [0.717, 1.165) is 17.7 Å². The molecule has 1 aliphatic heterocycles. The predicted octanol–water partition coefficient (Wildman–Crippen LogP) is 4.47. The molecule has 0 bridgehead atoms. The van der Waals surface area contributed by atoms with Crippen LogP contribution in [0.4, 0.5) is 0 Å². The van der Waals surface area contributed by atoms with Crippen LogP contribution in [0, 0.1) is 0 Å². The minimum atomic E-state index is -0.170. The summed E-state index contributed by atoms with van der Waals surface area (Å²) in [6.45, 7) is 1.69. The van der Waals surface area contributed by atoms with E-state index in [0.29, 0.717) is 31.0 Å². The Morgan fingerprint density at radius 1 is 1.09 bits per heavy atom. The first kappa shape index (κ1) is 23.5. The lowest BCUT2D eigenvalue weighted by Gasteiger charge is -2.37. The average Bonchev–Trinajstić information content (AvgIpc) is 3.55. The van der Waals surface area contributed by atoms with Crippen molar-refractivity contribution in [2.24, 2.45) is 0 Å². The Kier molecular flexibility index (Phi) is 7.80. The van der Waals surface area contributed by atoms with Gasteiger partial charge < -0.3 is 19.3 Å². The highest BCUT2D eigenvalue weighted by molar-refractivity contribution is 7.12. The van der Waals surface area contributed by atoms with Crippen LogP contribution in [0.25, 0.3) is 0 Å². The quantitative estimate of drug-likeness (QED) is 0.421. The number of carbonyl (C=O) groups is 2. The Balaban J connectivity index is 1.58. The van der Waals surface area contributed by atoms with Gasteiger partial charge in [-0.05, 0) is 59.0 Å². The van der Waals surface area contributed by atoms with Crippen molar-refractivity contribution in [3.8, 4) is 5.75 Å². The van der Waals surface area contributed by atoms with Crippen molar-refractivity contribution in [1.82, 2.24) is 9.80 Å². The van der Waals surface area contributed by atoms with Gasteiger partial charge in [0.1, 0.15) is 12.3 Å². The minimum Gasteiger partial charge on any atom is -0.497 e. The molecule has 4 rings (SSSR count). The number of amides is 2. The number of fused-ring (bicyclic) bond motifs is 1. The molecule has 0 spiro atoms.